The highest BCUT2D eigenvalue weighted by atomic mass is 35.5. The summed E-state index contributed by atoms with van der Waals surface area (Å²) in [6, 6.07) is 12.4. The molecule has 1 N–H and O–H groups in total. The third-order valence-corrected chi connectivity index (χ3v) is 3.29. The van der Waals surface area contributed by atoms with Gasteiger partial charge in [0.1, 0.15) is 11.6 Å². The molecule has 0 aliphatic rings. The number of carbonyl (C=O) groups excluding carboxylic acids is 1. The zero-order chi connectivity index (χ0) is 17.7. The molecule has 0 aliphatic carbocycles. The van der Waals surface area contributed by atoms with Gasteiger partial charge in [-0.2, -0.15) is 18.4 Å². The number of nitrogens with one attached hydrogen (secondary N) is 1. The number of hydrogen-bond acceptors (Lipinski definition) is 2. The smallest absolute Gasteiger partial charge is 0.321 e. The second-order valence-electron chi connectivity index (χ2n) is 4.72. The van der Waals surface area contributed by atoms with Crippen molar-refractivity contribution in [3.05, 3.63) is 70.3 Å². The van der Waals surface area contributed by atoms with E-state index in [0.29, 0.717) is 10.7 Å². The first-order chi connectivity index (χ1) is 11.3. The monoisotopic (exact) mass is 350 g/mol. The van der Waals surface area contributed by atoms with Gasteiger partial charge in [0.25, 0.3) is 5.91 Å². The summed E-state index contributed by atoms with van der Waals surface area (Å²) in [5.41, 5.74) is -1.25. The lowest BCUT2D eigenvalue weighted by molar-refractivity contribution is -0.137. The molecule has 0 unspecified atom stereocenters. The van der Waals surface area contributed by atoms with Crippen LogP contribution in [0, 0.1) is 11.3 Å². The highest BCUT2D eigenvalue weighted by Gasteiger charge is 2.32. The minimum Gasteiger partial charge on any atom is -0.321 e. The molecule has 0 atom stereocenters. The van der Waals surface area contributed by atoms with Gasteiger partial charge in [-0.1, -0.05) is 29.8 Å². The topological polar surface area (TPSA) is 52.9 Å². The summed E-state index contributed by atoms with van der Waals surface area (Å²) in [6.45, 7) is 0. The van der Waals surface area contributed by atoms with Gasteiger partial charge in [0.15, 0.2) is 0 Å². The Morgan fingerprint density at radius 3 is 2.33 bits per heavy atom. The highest BCUT2D eigenvalue weighted by molar-refractivity contribution is 6.30. The number of anilines is 1. The van der Waals surface area contributed by atoms with Crippen molar-refractivity contribution in [3.63, 3.8) is 0 Å². The van der Waals surface area contributed by atoms with Gasteiger partial charge in [0.2, 0.25) is 0 Å². The zero-order valence-corrected chi connectivity index (χ0v) is 12.8. The number of halogens is 4. The summed E-state index contributed by atoms with van der Waals surface area (Å²) < 4.78 is 38.9. The maximum atomic E-state index is 13.0. The second-order valence-corrected chi connectivity index (χ2v) is 5.15. The predicted octanol–water partition coefficient (Wildman–Crippen LogP) is 4.90. The lowest BCUT2D eigenvalue weighted by Crippen LogP contribution is -2.14. The van der Waals surface area contributed by atoms with Gasteiger partial charge in [0, 0.05) is 10.7 Å². The Labute approximate surface area is 141 Å². The first-order valence-electron chi connectivity index (χ1n) is 6.66. The van der Waals surface area contributed by atoms with Crippen molar-refractivity contribution in [3.8, 4) is 6.07 Å². The molecule has 0 heterocycles. The van der Waals surface area contributed by atoms with Crippen LogP contribution in [-0.2, 0) is 11.0 Å². The van der Waals surface area contributed by atoms with Crippen molar-refractivity contribution >= 4 is 29.3 Å². The fourth-order valence-electron chi connectivity index (χ4n) is 1.92. The van der Waals surface area contributed by atoms with E-state index in [4.69, 9.17) is 16.9 Å². The Hall–Kier alpha value is -2.78. The van der Waals surface area contributed by atoms with Crippen LogP contribution in [0.4, 0.5) is 18.9 Å². The van der Waals surface area contributed by atoms with E-state index in [1.807, 2.05) is 0 Å². The normalized spacial score (nSPS) is 11.7. The summed E-state index contributed by atoms with van der Waals surface area (Å²) in [5.74, 6) is -0.809. The molecule has 1 amide bonds. The third-order valence-electron chi connectivity index (χ3n) is 3.03. The summed E-state index contributed by atoms with van der Waals surface area (Å²) >= 11 is 5.72. The Kier molecular flexibility index (Phi) is 5.27. The standard InChI is InChI=1S/C17H10ClF3N2O/c18-13-5-7-14(8-6-13)23-16(24)12(10-22)9-11-3-1-2-4-15(11)17(19,20)21/h1-9H,(H,23,24)/b12-9+. The first-order valence-corrected chi connectivity index (χ1v) is 7.04. The first kappa shape index (κ1) is 17.6. The maximum Gasteiger partial charge on any atom is 0.416 e. The molecule has 0 saturated heterocycles. The molecule has 2 aromatic rings. The molecule has 7 heteroatoms. The van der Waals surface area contributed by atoms with Crippen molar-refractivity contribution < 1.29 is 18.0 Å². The van der Waals surface area contributed by atoms with Crippen LogP contribution in [0.3, 0.4) is 0 Å². The molecular weight excluding hydrogens is 341 g/mol. The summed E-state index contributed by atoms with van der Waals surface area (Å²) in [5, 5.41) is 12.0. The van der Waals surface area contributed by atoms with E-state index >= 15 is 0 Å². The van der Waals surface area contributed by atoms with E-state index in [9.17, 15) is 18.0 Å². The Bertz CT molecular complexity index is 821. The molecule has 0 aliphatic heterocycles. The van der Waals surface area contributed by atoms with Gasteiger partial charge in [-0.25, -0.2) is 0 Å². The number of carbonyl (C=O) groups is 1. The van der Waals surface area contributed by atoms with Crippen LogP contribution in [0.25, 0.3) is 6.08 Å². The van der Waals surface area contributed by atoms with Crippen molar-refractivity contribution in [2.45, 2.75) is 6.18 Å². The number of hydrogen-bond donors (Lipinski definition) is 1. The van der Waals surface area contributed by atoms with Crippen LogP contribution in [0.2, 0.25) is 5.02 Å². The number of nitriles is 1. The molecule has 24 heavy (non-hydrogen) atoms. The van der Waals surface area contributed by atoms with Crippen molar-refractivity contribution in [2.24, 2.45) is 0 Å². The molecule has 0 saturated carbocycles. The fourth-order valence-corrected chi connectivity index (χ4v) is 2.04. The Balaban J connectivity index is 2.32. The summed E-state index contributed by atoms with van der Waals surface area (Å²) in [4.78, 5) is 12.1. The van der Waals surface area contributed by atoms with Crippen LogP contribution in [0.15, 0.2) is 54.1 Å². The van der Waals surface area contributed by atoms with Crippen LogP contribution < -0.4 is 5.32 Å². The Morgan fingerprint density at radius 2 is 1.75 bits per heavy atom. The molecular formula is C17H10ClF3N2O. The summed E-state index contributed by atoms with van der Waals surface area (Å²) in [7, 11) is 0. The van der Waals surface area contributed by atoms with Gasteiger partial charge >= 0.3 is 6.18 Å². The average Bonchev–Trinajstić information content (AvgIpc) is 2.54. The zero-order valence-electron chi connectivity index (χ0n) is 12.1. The van der Waals surface area contributed by atoms with E-state index in [1.165, 1.54) is 42.5 Å². The molecule has 0 spiro atoms. The van der Waals surface area contributed by atoms with E-state index in [-0.39, 0.29) is 5.56 Å². The molecule has 0 radical (unpaired) electrons. The molecule has 0 fully saturated rings. The Morgan fingerprint density at radius 1 is 1.12 bits per heavy atom. The van der Waals surface area contributed by atoms with E-state index in [0.717, 1.165) is 12.1 Å². The minimum absolute atomic E-state index is 0.257. The van der Waals surface area contributed by atoms with E-state index in [1.54, 1.807) is 6.07 Å². The molecule has 0 aromatic heterocycles. The number of rotatable bonds is 3. The number of amides is 1. The fraction of sp³-hybridized carbons (Fsp3) is 0.0588. The minimum atomic E-state index is -4.58. The van der Waals surface area contributed by atoms with Gasteiger partial charge < -0.3 is 5.32 Å². The molecule has 2 aromatic carbocycles. The SMILES string of the molecule is N#C/C(=C\c1ccccc1C(F)(F)F)C(=O)Nc1ccc(Cl)cc1. The van der Waals surface area contributed by atoms with Crippen LogP contribution in [0.1, 0.15) is 11.1 Å². The van der Waals surface area contributed by atoms with Crippen LogP contribution in [0.5, 0.6) is 0 Å². The molecule has 0 bridgehead atoms. The van der Waals surface area contributed by atoms with Crippen molar-refractivity contribution in [1.82, 2.24) is 0 Å². The van der Waals surface area contributed by atoms with Gasteiger partial charge in [0.05, 0.1) is 5.56 Å². The molecule has 3 nitrogen and oxygen atoms in total. The maximum absolute atomic E-state index is 13.0. The third kappa shape index (κ3) is 4.37. The molecule has 122 valence electrons. The second kappa shape index (κ2) is 7.20. The predicted molar refractivity (Wildman–Crippen MR) is 85.1 cm³/mol. The number of nitrogens with zero attached hydrogens (tertiary/aromatic N) is 1. The van der Waals surface area contributed by atoms with E-state index in [2.05, 4.69) is 5.32 Å². The van der Waals surface area contributed by atoms with Crippen molar-refractivity contribution in [2.75, 3.05) is 5.32 Å². The van der Waals surface area contributed by atoms with Gasteiger partial charge in [-0.3, -0.25) is 4.79 Å². The summed E-state index contributed by atoms with van der Waals surface area (Å²) in [6.07, 6.45) is -3.67. The van der Waals surface area contributed by atoms with Crippen LogP contribution in [-0.4, -0.2) is 5.91 Å². The largest absolute Gasteiger partial charge is 0.416 e. The number of benzene rings is 2. The quantitative estimate of drug-likeness (QED) is 0.632. The lowest BCUT2D eigenvalue weighted by Gasteiger charge is -2.10. The van der Waals surface area contributed by atoms with E-state index < -0.39 is 23.2 Å². The van der Waals surface area contributed by atoms with Crippen molar-refractivity contribution in [1.29, 1.82) is 5.26 Å². The van der Waals surface area contributed by atoms with Gasteiger partial charge in [-0.15, -0.1) is 0 Å². The lowest BCUT2D eigenvalue weighted by atomic mass is 10.0. The molecule has 2 rings (SSSR count). The van der Waals surface area contributed by atoms with Crippen LogP contribution >= 0.6 is 11.6 Å². The average molecular weight is 351 g/mol. The number of alkyl halides is 3. The van der Waals surface area contributed by atoms with Gasteiger partial charge in [-0.05, 0) is 42.0 Å². The highest BCUT2D eigenvalue weighted by Crippen LogP contribution is 2.32.